The molecule has 6 nitrogen and oxygen atoms in total. The highest BCUT2D eigenvalue weighted by Gasteiger charge is 2.16. The molecule has 110 valence electrons. The molecule has 0 spiro atoms. The van der Waals surface area contributed by atoms with Gasteiger partial charge < -0.3 is 19.7 Å². The van der Waals surface area contributed by atoms with Gasteiger partial charge in [-0.15, -0.1) is 6.58 Å². The summed E-state index contributed by atoms with van der Waals surface area (Å²) < 4.78 is 10.0. The number of phenolic OH excluding ortho intramolecular Hbond substituents is 1. The van der Waals surface area contributed by atoms with Gasteiger partial charge in [0, 0.05) is 19.4 Å². The molecule has 1 rings (SSSR count). The summed E-state index contributed by atoms with van der Waals surface area (Å²) in [6.45, 7) is 5.99. The Morgan fingerprint density at radius 1 is 1.30 bits per heavy atom. The molecule has 0 heterocycles. The molecule has 0 aliphatic carbocycles. The number of carbonyl (C=O) groups excluding carboxylic acids is 1. The number of carbonyl (C=O) groups is 2. The lowest BCUT2D eigenvalue weighted by atomic mass is 10.1. The fourth-order valence-corrected chi connectivity index (χ4v) is 1.36. The fraction of sp³-hybridized carbons (Fsp3) is 0.286. The van der Waals surface area contributed by atoms with Crippen molar-refractivity contribution in [1.29, 1.82) is 0 Å². The van der Waals surface area contributed by atoms with Crippen molar-refractivity contribution in [2.45, 2.75) is 20.3 Å². The van der Waals surface area contributed by atoms with E-state index in [-0.39, 0.29) is 17.2 Å². The third-order valence-corrected chi connectivity index (χ3v) is 1.99. The average molecular weight is 282 g/mol. The summed E-state index contributed by atoms with van der Waals surface area (Å²) in [5.41, 5.74) is 0.736. The Bertz CT molecular complexity index is 489. The number of carboxylic acids is 1. The van der Waals surface area contributed by atoms with Crippen molar-refractivity contribution >= 4 is 11.9 Å². The number of rotatable bonds is 4. The molecule has 0 fully saturated rings. The van der Waals surface area contributed by atoms with Crippen LogP contribution in [0.5, 0.6) is 17.2 Å². The van der Waals surface area contributed by atoms with Crippen molar-refractivity contribution in [3.63, 3.8) is 0 Å². The number of esters is 1. The monoisotopic (exact) mass is 282 g/mol. The molecule has 2 N–H and O–H groups in total. The van der Waals surface area contributed by atoms with Crippen LogP contribution in [-0.2, 0) is 16.0 Å². The van der Waals surface area contributed by atoms with Gasteiger partial charge in [-0.05, 0) is 12.5 Å². The number of methoxy groups -OCH3 is 1. The second kappa shape index (κ2) is 8.58. The standard InChI is InChI=1S/C12H14O4.C2H4O2/c1-4-5-9-6-7-10(14)12(15-3)11(9)16-8(2)13;1-2(3)4/h4,6-7,14H,1,5H2,2-3H3;1H3,(H,3,4). The quantitative estimate of drug-likeness (QED) is 0.499. The molecule has 0 unspecified atom stereocenters. The first-order chi connectivity index (χ1) is 9.33. The molecule has 0 amide bonds. The third-order valence-electron chi connectivity index (χ3n) is 1.99. The average Bonchev–Trinajstić information content (AvgIpc) is 2.32. The summed E-state index contributed by atoms with van der Waals surface area (Å²) in [5.74, 6) is -0.953. The Morgan fingerprint density at radius 3 is 2.25 bits per heavy atom. The minimum Gasteiger partial charge on any atom is -0.504 e. The SMILES string of the molecule is C=CCc1ccc(O)c(OC)c1OC(C)=O.CC(=O)O. The van der Waals surface area contributed by atoms with Crippen LogP contribution in [0.1, 0.15) is 19.4 Å². The number of ether oxygens (including phenoxy) is 2. The number of carboxylic acid groups (broad SMARTS) is 1. The zero-order valence-electron chi connectivity index (χ0n) is 11.7. The van der Waals surface area contributed by atoms with Crippen molar-refractivity contribution in [2.24, 2.45) is 0 Å². The third kappa shape index (κ3) is 5.90. The fourth-order valence-electron chi connectivity index (χ4n) is 1.36. The topological polar surface area (TPSA) is 93.1 Å². The maximum Gasteiger partial charge on any atom is 0.308 e. The smallest absolute Gasteiger partial charge is 0.308 e. The van der Waals surface area contributed by atoms with Crippen LogP contribution in [0.4, 0.5) is 0 Å². The van der Waals surface area contributed by atoms with E-state index < -0.39 is 11.9 Å². The highest BCUT2D eigenvalue weighted by atomic mass is 16.6. The van der Waals surface area contributed by atoms with Gasteiger partial charge in [0.2, 0.25) is 5.75 Å². The van der Waals surface area contributed by atoms with E-state index in [1.807, 2.05) is 0 Å². The Balaban J connectivity index is 0.000000796. The van der Waals surface area contributed by atoms with Crippen LogP contribution in [0.25, 0.3) is 0 Å². The summed E-state index contributed by atoms with van der Waals surface area (Å²) in [5, 5.41) is 17.0. The highest BCUT2D eigenvalue weighted by molar-refractivity contribution is 5.72. The van der Waals surface area contributed by atoms with E-state index in [2.05, 4.69) is 6.58 Å². The molecule has 0 aliphatic rings. The molecule has 20 heavy (non-hydrogen) atoms. The van der Waals surface area contributed by atoms with E-state index in [9.17, 15) is 9.90 Å². The molecule has 0 bridgehead atoms. The number of aliphatic carboxylic acids is 1. The van der Waals surface area contributed by atoms with Crippen LogP contribution in [0, 0.1) is 0 Å². The van der Waals surface area contributed by atoms with Gasteiger partial charge in [0.1, 0.15) is 0 Å². The lowest BCUT2D eigenvalue weighted by Crippen LogP contribution is -2.05. The summed E-state index contributed by atoms with van der Waals surface area (Å²) in [4.78, 5) is 20.0. The van der Waals surface area contributed by atoms with Crippen LogP contribution in [0.15, 0.2) is 24.8 Å². The normalized spacial score (nSPS) is 8.95. The van der Waals surface area contributed by atoms with E-state index in [1.54, 1.807) is 12.1 Å². The van der Waals surface area contributed by atoms with Crippen LogP contribution in [0.2, 0.25) is 0 Å². The maximum absolute atomic E-state index is 11.0. The molecule has 0 aliphatic heterocycles. The minimum atomic E-state index is -0.833. The molecule has 0 atom stereocenters. The zero-order chi connectivity index (χ0) is 15.7. The second-order valence-electron chi connectivity index (χ2n) is 3.71. The number of allylic oxidation sites excluding steroid dienone is 1. The summed E-state index contributed by atoms with van der Waals surface area (Å²) in [7, 11) is 1.40. The van der Waals surface area contributed by atoms with Gasteiger partial charge in [-0.2, -0.15) is 0 Å². The van der Waals surface area contributed by atoms with E-state index in [1.165, 1.54) is 20.1 Å². The van der Waals surface area contributed by atoms with E-state index in [0.717, 1.165) is 12.5 Å². The van der Waals surface area contributed by atoms with Crippen LogP contribution in [-0.4, -0.2) is 29.3 Å². The Hall–Kier alpha value is -2.50. The molecule has 0 radical (unpaired) electrons. The Kier molecular flexibility index (Phi) is 7.50. The summed E-state index contributed by atoms with van der Waals surface area (Å²) >= 11 is 0. The van der Waals surface area contributed by atoms with E-state index >= 15 is 0 Å². The van der Waals surface area contributed by atoms with Crippen LogP contribution < -0.4 is 9.47 Å². The number of phenols is 1. The lowest BCUT2D eigenvalue weighted by Gasteiger charge is -2.13. The molecular weight excluding hydrogens is 264 g/mol. The molecule has 0 saturated carbocycles. The molecule has 1 aromatic carbocycles. The first-order valence-corrected chi connectivity index (χ1v) is 5.71. The van der Waals surface area contributed by atoms with Gasteiger partial charge in [-0.1, -0.05) is 12.1 Å². The second-order valence-corrected chi connectivity index (χ2v) is 3.71. The lowest BCUT2D eigenvalue weighted by molar-refractivity contribution is -0.134. The van der Waals surface area contributed by atoms with E-state index in [0.29, 0.717) is 6.42 Å². The summed E-state index contributed by atoms with van der Waals surface area (Å²) in [6.07, 6.45) is 2.21. The number of aromatic hydroxyl groups is 1. The maximum atomic E-state index is 11.0. The highest BCUT2D eigenvalue weighted by Crippen LogP contribution is 2.39. The van der Waals surface area contributed by atoms with Gasteiger partial charge in [-0.25, -0.2) is 0 Å². The largest absolute Gasteiger partial charge is 0.504 e. The minimum absolute atomic E-state index is 0.0634. The predicted molar refractivity (Wildman–Crippen MR) is 73.2 cm³/mol. The van der Waals surface area contributed by atoms with Crippen LogP contribution >= 0.6 is 0 Å². The van der Waals surface area contributed by atoms with Gasteiger partial charge in [0.15, 0.2) is 11.5 Å². The van der Waals surface area contributed by atoms with Crippen molar-refractivity contribution in [2.75, 3.05) is 7.11 Å². The van der Waals surface area contributed by atoms with Crippen molar-refractivity contribution in [3.8, 4) is 17.2 Å². The van der Waals surface area contributed by atoms with Crippen molar-refractivity contribution in [3.05, 3.63) is 30.4 Å². The van der Waals surface area contributed by atoms with Gasteiger partial charge >= 0.3 is 5.97 Å². The van der Waals surface area contributed by atoms with Crippen LogP contribution in [0.3, 0.4) is 0 Å². The zero-order valence-corrected chi connectivity index (χ0v) is 11.7. The number of hydrogen-bond donors (Lipinski definition) is 2. The van der Waals surface area contributed by atoms with Gasteiger partial charge in [0.25, 0.3) is 5.97 Å². The Morgan fingerprint density at radius 2 is 1.85 bits per heavy atom. The first-order valence-electron chi connectivity index (χ1n) is 5.71. The van der Waals surface area contributed by atoms with Crippen molar-refractivity contribution < 1.29 is 29.3 Å². The van der Waals surface area contributed by atoms with Crippen molar-refractivity contribution in [1.82, 2.24) is 0 Å². The van der Waals surface area contributed by atoms with E-state index in [4.69, 9.17) is 19.4 Å². The number of hydrogen-bond acceptors (Lipinski definition) is 5. The Labute approximate surface area is 117 Å². The molecular formula is C14H18O6. The molecule has 6 heteroatoms. The summed E-state index contributed by atoms with van der Waals surface area (Å²) in [6, 6.07) is 3.16. The first kappa shape index (κ1) is 17.5. The number of benzene rings is 1. The molecule has 0 saturated heterocycles. The molecule has 1 aromatic rings. The van der Waals surface area contributed by atoms with Gasteiger partial charge in [0.05, 0.1) is 7.11 Å². The molecule has 0 aromatic heterocycles. The predicted octanol–water partition coefficient (Wildman–Crippen LogP) is 2.15. The van der Waals surface area contributed by atoms with Gasteiger partial charge in [-0.3, -0.25) is 9.59 Å².